The van der Waals surface area contributed by atoms with Gasteiger partial charge in [0.2, 0.25) is 5.91 Å². The minimum absolute atomic E-state index is 0.178. The van der Waals surface area contributed by atoms with Gasteiger partial charge in [0.05, 0.1) is 45.4 Å². The summed E-state index contributed by atoms with van der Waals surface area (Å²) in [6, 6.07) is 6.53. The van der Waals surface area contributed by atoms with Gasteiger partial charge in [-0.15, -0.1) is 0 Å². The minimum atomic E-state index is -0.536. The summed E-state index contributed by atoms with van der Waals surface area (Å²) in [4.78, 5) is 41.6. The second kappa shape index (κ2) is 7.79. The van der Waals surface area contributed by atoms with Crippen LogP contribution < -0.4 is 14.5 Å². The lowest BCUT2D eigenvalue weighted by Crippen LogP contribution is -3.19. The quantitative estimate of drug-likeness (QED) is 0.759. The van der Waals surface area contributed by atoms with Crippen LogP contribution in [0.4, 0.5) is 10.5 Å². The third-order valence-corrected chi connectivity index (χ3v) is 5.01. The Labute approximate surface area is 165 Å². The Morgan fingerprint density at radius 1 is 1.18 bits per heavy atom. The van der Waals surface area contributed by atoms with E-state index < -0.39 is 11.6 Å². The number of methoxy groups -OCH3 is 1. The number of rotatable bonds is 3. The molecular formula is C20H28N3O5+. The number of hydrogen-bond donors (Lipinski definition) is 1. The molecule has 2 saturated heterocycles. The molecule has 0 spiro atoms. The fraction of sp³-hybridized carbons (Fsp3) is 0.550. The molecule has 0 aromatic heterocycles. The smallest absolute Gasteiger partial charge is 0.410 e. The summed E-state index contributed by atoms with van der Waals surface area (Å²) in [7, 11) is 1.55. The van der Waals surface area contributed by atoms with Crippen LogP contribution in [0.25, 0.3) is 0 Å². The van der Waals surface area contributed by atoms with E-state index in [-0.39, 0.29) is 24.3 Å². The van der Waals surface area contributed by atoms with Crippen molar-refractivity contribution in [3.8, 4) is 5.75 Å². The highest BCUT2D eigenvalue weighted by Gasteiger charge is 2.46. The highest BCUT2D eigenvalue weighted by molar-refractivity contribution is 6.21. The highest BCUT2D eigenvalue weighted by atomic mass is 16.6. The summed E-state index contributed by atoms with van der Waals surface area (Å²) >= 11 is 0. The Hall–Kier alpha value is -2.61. The molecule has 2 aliphatic rings. The molecule has 8 heteroatoms. The third-order valence-electron chi connectivity index (χ3n) is 5.01. The molecule has 8 nitrogen and oxygen atoms in total. The molecule has 0 bridgehead atoms. The van der Waals surface area contributed by atoms with Crippen molar-refractivity contribution in [2.45, 2.75) is 38.8 Å². The van der Waals surface area contributed by atoms with Crippen LogP contribution in [0.3, 0.4) is 0 Å². The highest BCUT2D eigenvalue weighted by Crippen LogP contribution is 2.25. The number of nitrogens with zero attached hydrogens (tertiary/aromatic N) is 2. The SMILES string of the molecule is COc1cccc(N2C(=O)C[C@@H]([NH+]3CCN(C(=O)OC(C)(C)C)CC3)C2=O)c1. The molecule has 3 amide bonds. The average Bonchev–Trinajstić information content (AvgIpc) is 2.94. The summed E-state index contributed by atoms with van der Waals surface area (Å²) in [5.74, 6) is 0.198. The summed E-state index contributed by atoms with van der Waals surface area (Å²) in [6.45, 7) is 7.72. The largest absolute Gasteiger partial charge is 0.497 e. The molecule has 1 aromatic rings. The van der Waals surface area contributed by atoms with Crippen molar-refractivity contribution >= 4 is 23.6 Å². The minimum Gasteiger partial charge on any atom is -0.497 e. The summed E-state index contributed by atoms with van der Waals surface area (Å²) in [6.07, 6.45) is -0.156. The average molecular weight is 390 g/mol. The Bertz CT molecular complexity index is 765. The third kappa shape index (κ3) is 4.27. The second-order valence-electron chi connectivity index (χ2n) is 8.15. The van der Waals surface area contributed by atoms with Crippen LogP contribution in [0.1, 0.15) is 27.2 Å². The van der Waals surface area contributed by atoms with E-state index in [1.54, 1.807) is 36.3 Å². The van der Waals surface area contributed by atoms with Gasteiger partial charge in [-0.2, -0.15) is 0 Å². The van der Waals surface area contributed by atoms with Crippen LogP contribution in [0.2, 0.25) is 0 Å². The second-order valence-corrected chi connectivity index (χ2v) is 8.15. The van der Waals surface area contributed by atoms with Gasteiger partial charge in [-0.25, -0.2) is 9.69 Å². The first-order valence-electron chi connectivity index (χ1n) is 9.53. The number of amides is 3. The van der Waals surface area contributed by atoms with Crippen molar-refractivity contribution in [3.05, 3.63) is 24.3 Å². The summed E-state index contributed by atoms with van der Waals surface area (Å²) in [5, 5.41) is 0. The van der Waals surface area contributed by atoms with Crippen LogP contribution >= 0.6 is 0 Å². The van der Waals surface area contributed by atoms with E-state index in [0.717, 1.165) is 4.90 Å². The zero-order chi connectivity index (χ0) is 20.5. The molecule has 1 N–H and O–H groups in total. The Morgan fingerprint density at radius 2 is 1.86 bits per heavy atom. The van der Waals surface area contributed by atoms with Crippen LogP contribution in [-0.4, -0.2) is 67.7 Å². The Balaban J connectivity index is 1.64. The standard InChI is InChI=1S/C20H27N3O5/c1-20(2,3)28-19(26)22-10-8-21(9-11-22)16-13-17(24)23(18(16)25)14-6-5-7-15(12-14)27-4/h5-7,12,16H,8-11,13H2,1-4H3/p+1/t16-/m1/s1. The lowest BCUT2D eigenvalue weighted by molar-refractivity contribution is -0.918. The molecule has 0 aliphatic carbocycles. The number of hydrogen-bond acceptors (Lipinski definition) is 5. The van der Waals surface area contributed by atoms with Crippen molar-refractivity contribution in [1.82, 2.24) is 4.90 Å². The van der Waals surface area contributed by atoms with Gasteiger partial charge in [0, 0.05) is 6.07 Å². The molecular weight excluding hydrogens is 362 g/mol. The number of carbonyl (C=O) groups is 3. The molecule has 2 heterocycles. The maximum absolute atomic E-state index is 13.0. The number of quaternary nitrogens is 1. The van der Waals surface area contributed by atoms with Crippen LogP contribution in [0, 0.1) is 0 Å². The lowest BCUT2D eigenvalue weighted by atomic mass is 10.1. The fourth-order valence-corrected chi connectivity index (χ4v) is 3.62. The number of anilines is 1. The normalized spacial score (nSPS) is 21.2. The number of benzene rings is 1. The van der Waals surface area contributed by atoms with Gasteiger partial charge < -0.3 is 14.4 Å². The van der Waals surface area contributed by atoms with Crippen molar-refractivity contribution in [3.63, 3.8) is 0 Å². The van der Waals surface area contributed by atoms with Crippen LogP contribution in [-0.2, 0) is 14.3 Å². The van der Waals surface area contributed by atoms with E-state index in [1.165, 1.54) is 4.90 Å². The predicted octanol–water partition coefficient (Wildman–Crippen LogP) is 0.463. The molecule has 0 saturated carbocycles. The topological polar surface area (TPSA) is 80.6 Å². The van der Waals surface area contributed by atoms with Crippen molar-refractivity contribution in [2.24, 2.45) is 0 Å². The number of ether oxygens (including phenoxy) is 2. The number of nitrogens with one attached hydrogen (secondary N) is 1. The zero-order valence-electron chi connectivity index (χ0n) is 16.9. The first-order valence-corrected chi connectivity index (χ1v) is 9.53. The molecule has 2 aliphatic heterocycles. The van der Waals surface area contributed by atoms with Crippen molar-refractivity contribution in [1.29, 1.82) is 0 Å². The zero-order valence-corrected chi connectivity index (χ0v) is 16.9. The molecule has 3 rings (SSSR count). The van der Waals surface area contributed by atoms with Crippen molar-refractivity contribution in [2.75, 3.05) is 38.2 Å². The maximum Gasteiger partial charge on any atom is 0.410 e. The van der Waals surface area contributed by atoms with Gasteiger partial charge in [0.25, 0.3) is 5.91 Å². The van der Waals surface area contributed by atoms with Crippen molar-refractivity contribution < 1.29 is 28.8 Å². The van der Waals surface area contributed by atoms with E-state index in [2.05, 4.69) is 0 Å². The fourth-order valence-electron chi connectivity index (χ4n) is 3.62. The molecule has 0 unspecified atom stereocenters. The van der Waals surface area contributed by atoms with Gasteiger partial charge in [-0.1, -0.05) is 6.07 Å². The summed E-state index contributed by atoms with van der Waals surface area (Å²) < 4.78 is 10.6. The van der Waals surface area contributed by atoms with Gasteiger partial charge in [-0.3, -0.25) is 14.5 Å². The van der Waals surface area contributed by atoms with E-state index >= 15 is 0 Å². The molecule has 152 valence electrons. The Morgan fingerprint density at radius 3 is 2.46 bits per heavy atom. The number of carbonyl (C=O) groups excluding carboxylic acids is 3. The maximum atomic E-state index is 13.0. The molecule has 1 aromatic carbocycles. The van der Waals surface area contributed by atoms with Gasteiger partial charge in [0.15, 0.2) is 6.04 Å². The number of imide groups is 1. The van der Waals surface area contributed by atoms with E-state index in [4.69, 9.17) is 9.47 Å². The lowest BCUT2D eigenvalue weighted by Gasteiger charge is -2.35. The van der Waals surface area contributed by atoms with Gasteiger partial charge in [-0.05, 0) is 32.9 Å². The van der Waals surface area contributed by atoms with Gasteiger partial charge in [0.1, 0.15) is 11.4 Å². The van der Waals surface area contributed by atoms with Gasteiger partial charge >= 0.3 is 6.09 Å². The monoisotopic (exact) mass is 390 g/mol. The molecule has 0 radical (unpaired) electrons. The molecule has 28 heavy (non-hydrogen) atoms. The summed E-state index contributed by atoms with van der Waals surface area (Å²) in [5.41, 5.74) is -0.00441. The Kier molecular flexibility index (Phi) is 5.60. The van der Waals surface area contributed by atoms with E-state index in [0.29, 0.717) is 37.6 Å². The van der Waals surface area contributed by atoms with Crippen LogP contribution in [0.5, 0.6) is 5.75 Å². The molecule has 1 atom stereocenters. The van der Waals surface area contributed by atoms with E-state index in [9.17, 15) is 14.4 Å². The van der Waals surface area contributed by atoms with Crippen LogP contribution in [0.15, 0.2) is 24.3 Å². The van der Waals surface area contributed by atoms with E-state index in [1.807, 2.05) is 20.8 Å². The molecule has 2 fully saturated rings. The first-order chi connectivity index (χ1) is 13.2. The predicted molar refractivity (Wildman–Crippen MR) is 102 cm³/mol. The number of piperazine rings is 1. The first kappa shape index (κ1) is 20.1.